The molecule has 0 aliphatic rings. The number of hydrogen-bond acceptors (Lipinski definition) is 5. The SMILES string of the molecule is Nc1onc(CCc2ccco2)c1-c1cccnc1. The first-order chi connectivity index (χ1) is 9.34. The molecule has 0 radical (unpaired) electrons. The molecule has 0 bridgehead atoms. The van der Waals surface area contributed by atoms with Crippen LogP contribution in [0.25, 0.3) is 11.1 Å². The molecule has 0 aliphatic carbocycles. The molecule has 0 aromatic carbocycles. The second-order valence-corrected chi connectivity index (χ2v) is 4.19. The maximum atomic E-state index is 5.84. The number of nitrogen functional groups attached to an aromatic ring is 1. The summed E-state index contributed by atoms with van der Waals surface area (Å²) < 4.78 is 10.4. The number of rotatable bonds is 4. The van der Waals surface area contributed by atoms with Crippen molar-refractivity contribution in [3.8, 4) is 11.1 Å². The molecule has 0 saturated heterocycles. The minimum Gasteiger partial charge on any atom is -0.469 e. The van der Waals surface area contributed by atoms with Gasteiger partial charge in [-0.25, -0.2) is 0 Å². The van der Waals surface area contributed by atoms with Gasteiger partial charge in [-0.05, 0) is 18.2 Å². The Morgan fingerprint density at radius 1 is 1.16 bits per heavy atom. The van der Waals surface area contributed by atoms with Gasteiger partial charge in [0.15, 0.2) is 0 Å². The quantitative estimate of drug-likeness (QED) is 0.775. The van der Waals surface area contributed by atoms with Gasteiger partial charge in [-0.15, -0.1) is 0 Å². The molecule has 5 heteroatoms. The maximum Gasteiger partial charge on any atom is 0.230 e. The molecule has 3 rings (SSSR count). The van der Waals surface area contributed by atoms with Gasteiger partial charge >= 0.3 is 0 Å². The zero-order chi connectivity index (χ0) is 13.1. The Kier molecular flexibility index (Phi) is 3.02. The molecule has 0 fully saturated rings. The average molecular weight is 255 g/mol. The second kappa shape index (κ2) is 4.97. The summed E-state index contributed by atoms with van der Waals surface area (Å²) >= 11 is 0. The number of pyridine rings is 1. The lowest BCUT2D eigenvalue weighted by molar-refractivity contribution is 0.425. The Balaban J connectivity index is 1.87. The van der Waals surface area contributed by atoms with Gasteiger partial charge in [0, 0.05) is 30.8 Å². The number of anilines is 1. The third-order valence-electron chi connectivity index (χ3n) is 2.93. The number of nitrogens with two attached hydrogens (primary N) is 1. The summed E-state index contributed by atoms with van der Waals surface area (Å²) in [6.07, 6.45) is 6.59. The van der Waals surface area contributed by atoms with Gasteiger partial charge in [-0.1, -0.05) is 11.2 Å². The fourth-order valence-electron chi connectivity index (χ4n) is 2.02. The first kappa shape index (κ1) is 11.5. The van der Waals surface area contributed by atoms with E-state index in [-0.39, 0.29) is 0 Å². The van der Waals surface area contributed by atoms with E-state index in [0.717, 1.165) is 29.0 Å². The van der Waals surface area contributed by atoms with Gasteiger partial charge in [0.1, 0.15) is 5.76 Å². The van der Waals surface area contributed by atoms with E-state index >= 15 is 0 Å². The van der Waals surface area contributed by atoms with Crippen molar-refractivity contribution in [2.75, 3.05) is 5.73 Å². The molecule has 0 spiro atoms. The highest BCUT2D eigenvalue weighted by Crippen LogP contribution is 2.29. The number of nitrogens with zero attached hydrogens (tertiary/aromatic N) is 2. The molecule has 2 N–H and O–H groups in total. The van der Waals surface area contributed by atoms with Crippen molar-refractivity contribution in [1.82, 2.24) is 10.1 Å². The molecule has 3 heterocycles. The zero-order valence-electron chi connectivity index (χ0n) is 10.2. The molecule has 0 saturated carbocycles. The van der Waals surface area contributed by atoms with Crippen LogP contribution < -0.4 is 5.73 Å². The Hall–Kier alpha value is -2.56. The molecule has 0 unspecified atom stereocenters. The maximum absolute atomic E-state index is 5.84. The molecule has 3 aromatic heterocycles. The predicted molar refractivity (Wildman–Crippen MR) is 70.3 cm³/mol. The Labute approximate surface area is 110 Å². The van der Waals surface area contributed by atoms with Crippen LogP contribution in [0.15, 0.2) is 51.9 Å². The van der Waals surface area contributed by atoms with E-state index < -0.39 is 0 Å². The van der Waals surface area contributed by atoms with Crippen LogP contribution in [-0.2, 0) is 12.8 Å². The molecule has 0 amide bonds. The molecule has 5 nitrogen and oxygen atoms in total. The van der Waals surface area contributed by atoms with E-state index in [1.54, 1.807) is 18.7 Å². The minimum atomic E-state index is 0.322. The van der Waals surface area contributed by atoms with Gasteiger partial charge < -0.3 is 14.7 Å². The summed E-state index contributed by atoms with van der Waals surface area (Å²) in [4.78, 5) is 4.09. The average Bonchev–Trinajstić information content (AvgIpc) is 3.07. The number of aryl methyl sites for hydroxylation is 2. The molecular formula is C14H13N3O2. The number of furan rings is 1. The van der Waals surface area contributed by atoms with Crippen LogP contribution in [0.2, 0.25) is 0 Å². The lowest BCUT2D eigenvalue weighted by Gasteiger charge is -2.01. The molecular weight excluding hydrogens is 242 g/mol. The van der Waals surface area contributed by atoms with Crippen molar-refractivity contribution in [1.29, 1.82) is 0 Å². The van der Waals surface area contributed by atoms with Crippen LogP contribution in [-0.4, -0.2) is 10.1 Å². The van der Waals surface area contributed by atoms with E-state index in [9.17, 15) is 0 Å². The highest BCUT2D eigenvalue weighted by atomic mass is 16.5. The van der Waals surface area contributed by atoms with Crippen molar-refractivity contribution in [2.24, 2.45) is 0 Å². The summed E-state index contributed by atoms with van der Waals surface area (Å²) in [5.41, 5.74) is 8.39. The lowest BCUT2D eigenvalue weighted by atomic mass is 10.0. The van der Waals surface area contributed by atoms with Crippen molar-refractivity contribution >= 4 is 5.88 Å². The lowest BCUT2D eigenvalue weighted by Crippen LogP contribution is -1.94. The predicted octanol–water partition coefficient (Wildman–Crippen LogP) is 2.70. The molecule has 3 aromatic rings. The van der Waals surface area contributed by atoms with Crippen LogP contribution in [0.3, 0.4) is 0 Å². The second-order valence-electron chi connectivity index (χ2n) is 4.19. The fraction of sp³-hybridized carbons (Fsp3) is 0.143. The monoisotopic (exact) mass is 255 g/mol. The van der Waals surface area contributed by atoms with E-state index in [4.69, 9.17) is 14.7 Å². The summed E-state index contributed by atoms with van der Waals surface area (Å²) in [5.74, 6) is 1.24. The summed E-state index contributed by atoms with van der Waals surface area (Å²) in [6.45, 7) is 0. The highest BCUT2D eigenvalue weighted by molar-refractivity contribution is 5.74. The number of aromatic nitrogens is 2. The molecule has 96 valence electrons. The smallest absolute Gasteiger partial charge is 0.230 e. The Morgan fingerprint density at radius 3 is 2.84 bits per heavy atom. The molecule has 19 heavy (non-hydrogen) atoms. The van der Waals surface area contributed by atoms with Crippen molar-refractivity contribution in [3.63, 3.8) is 0 Å². The summed E-state index contributed by atoms with van der Waals surface area (Å²) in [7, 11) is 0. The van der Waals surface area contributed by atoms with Gasteiger partial charge in [-0.3, -0.25) is 4.98 Å². The zero-order valence-corrected chi connectivity index (χ0v) is 10.2. The summed E-state index contributed by atoms with van der Waals surface area (Å²) in [6, 6.07) is 7.60. The fourth-order valence-corrected chi connectivity index (χ4v) is 2.02. The van der Waals surface area contributed by atoms with E-state index in [1.165, 1.54) is 0 Å². The van der Waals surface area contributed by atoms with Crippen LogP contribution in [0.5, 0.6) is 0 Å². The number of hydrogen-bond donors (Lipinski definition) is 1. The van der Waals surface area contributed by atoms with E-state index in [2.05, 4.69) is 10.1 Å². The largest absolute Gasteiger partial charge is 0.469 e. The van der Waals surface area contributed by atoms with Crippen molar-refractivity contribution in [2.45, 2.75) is 12.8 Å². The van der Waals surface area contributed by atoms with E-state index in [1.807, 2.05) is 24.3 Å². The van der Waals surface area contributed by atoms with Gasteiger partial charge in [-0.2, -0.15) is 0 Å². The van der Waals surface area contributed by atoms with Crippen LogP contribution >= 0.6 is 0 Å². The molecule has 0 aliphatic heterocycles. The third kappa shape index (κ3) is 2.35. The standard InChI is InChI=1S/C14H13N3O2/c15-14-13(10-3-1-7-16-9-10)12(17-19-14)6-5-11-4-2-8-18-11/h1-4,7-9H,5-6,15H2. The van der Waals surface area contributed by atoms with Gasteiger partial charge in [0.25, 0.3) is 0 Å². The minimum absolute atomic E-state index is 0.322. The van der Waals surface area contributed by atoms with E-state index in [0.29, 0.717) is 12.3 Å². The van der Waals surface area contributed by atoms with Gasteiger partial charge in [0.05, 0.1) is 17.5 Å². The Morgan fingerprint density at radius 2 is 2.11 bits per heavy atom. The molecule has 0 atom stereocenters. The van der Waals surface area contributed by atoms with Crippen molar-refractivity contribution < 1.29 is 8.94 Å². The third-order valence-corrected chi connectivity index (χ3v) is 2.93. The Bertz CT molecular complexity index is 645. The van der Waals surface area contributed by atoms with Crippen LogP contribution in [0.4, 0.5) is 5.88 Å². The summed E-state index contributed by atoms with van der Waals surface area (Å²) in [5, 5.41) is 4.02. The first-order valence-corrected chi connectivity index (χ1v) is 6.01. The first-order valence-electron chi connectivity index (χ1n) is 6.01. The van der Waals surface area contributed by atoms with Crippen LogP contribution in [0, 0.1) is 0 Å². The normalized spacial score (nSPS) is 10.7. The highest BCUT2D eigenvalue weighted by Gasteiger charge is 2.16. The van der Waals surface area contributed by atoms with Crippen LogP contribution in [0.1, 0.15) is 11.5 Å². The van der Waals surface area contributed by atoms with Gasteiger partial charge in [0.2, 0.25) is 5.88 Å². The van der Waals surface area contributed by atoms with Crippen molar-refractivity contribution in [3.05, 3.63) is 54.4 Å². The topological polar surface area (TPSA) is 78.1 Å².